The number of benzene rings is 2. The molecule has 0 atom stereocenters. The number of esters is 1. The van der Waals surface area contributed by atoms with Crippen LogP contribution in [0.5, 0.6) is 28.7 Å². The molecule has 0 bridgehead atoms. The van der Waals surface area contributed by atoms with Crippen molar-refractivity contribution in [1.82, 2.24) is 25.3 Å². The largest absolute Gasteiger partial charge is 2.00 e. The zero-order valence-corrected chi connectivity index (χ0v) is 54.2. The smallest absolute Gasteiger partial charge is 0.549 e. The summed E-state index contributed by atoms with van der Waals surface area (Å²) in [6.45, 7) is 9.34. The summed E-state index contributed by atoms with van der Waals surface area (Å²) in [4.78, 5) is 88.7. The first-order valence-corrected chi connectivity index (χ1v) is 26.0. The topological polar surface area (TPSA) is 369 Å². The van der Waals surface area contributed by atoms with Gasteiger partial charge in [0.25, 0.3) is 0 Å². The molecule has 0 unspecified atom stereocenters. The summed E-state index contributed by atoms with van der Waals surface area (Å²) < 4.78 is 51.8. The second-order valence-corrected chi connectivity index (χ2v) is 19.8. The maximum Gasteiger partial charge on any atom is 2.00 e. The van der Waals surface area contributed by atoms with E-state index in [2.05, 4.69) is 10.6 Å². The molecule has 2 aromatic carbocycles. The van der Waals surface area contributed by atoms with Gasteiger partial charge in [-0.1, -0.05) is 6.07 Å². The molecule has 2 amide bonds. The van der Waals surface area contributed by atoms with Gasteiger partial charge in [0.05, 0.1) is 114 Å². The molecule has 0 heterocycles. The van der Waals surface area contributed by atoms with Gasteiger partial charge in [0.2, 0.25) is 17.6 Å². The summed E-state index contributed by atoms with van der Waals surface area (Å²) in [5, 5.41) is 70.4. The summed E-state index contributed by atoms with van der Waals surface area (Å²) in [6.07, 6.45) is -0.334. The zero-order valence-electron chi connectivity index (χ0n) is 49.1. The van der Waals surface area contributed by atoms with Crippen LogP contribution in [0.4, 0.5) is 0 Å². The summed E-state index contributed by atoms with van der Waals surface area (Å²) in [7, 11) is 0. The van der Waals surface area contributed by atoms with Crippen LogP contribution in [0, 0.1) is 0 Å². The maximum atomic E-state index is 13.5. The van der Waals surface area contributed by atoms with Crippen molar-refractivity contribution < 1.29 is 183 Å². The number of ether oxygens (including phenoxy) is 9. The van der Waals surface area contributed by atoms with Crippen LogP contribution in [0.2, 0.25) is 0 Å². The Labute approximate surface area is 539 Å². The van der Waals surface area contributed by atoms with Gasteiger partial charge in [-0.2, -0.15) is 0 Å². The van der Waals surface area contributed by atoms with Crippen molar-refractivity contribution in [2.75, 3.05) is 145 Å². The fourth-order valence-electron chi connectivity index (χ4n) is 6.92. The van der Waals surface area contributed by atoms with Gasteiger partial charge in [0.1, 0.15) is 13.2 Å². The van der Waals surface area contributed by atoms with E-state index in [0.29, 0.717) is 44.0 Å². The molecule has 4 N–H and O–H groups in total. The van der Waals surface area contributed by atoms with Gasteiger partial charge in [0, 0.05) is 71.9 Å². The molecular weight excluding hydrogens is 1160 g/mol. The molecule has 1 radical (unpaired) electrons. The third-order valence-electron chi connectivity index (χ3n) is 10.6. The van der Waals surface area contributed by atoms with Crippen LogP contribution < -0.4 is 104 Å². The van der Waals surface area contributed by atoms with Gasteiger partial charge in [-0.3, -0.25) is 29.1 Å². The number of amides is 2. The molecule has 0 aromatic heterocycles. The Bertz CT molecular complexity index is 2170. The van der Waals surface area contributed by atoms with E-state index in [1.807, 2.05) is 41.5 Å². The van der Waals surface area contributed by atoms with E-state index in [4.69, 9.17) is 42.6 Å². The molecule has 0 aliphatic carbocycles. The Morgan fingerprint density at radius 2 is 0.904 bits per heavy atom. The number of nitrogens with zero attached hydrogens (tertiary/aromatic N) is 3. The number of carbonyl (C=O) groups is 7. The molecular formula is C53H79MnN5Na2O22. The number of phenols is 2. The minimum Gasteiger partial charge on any atom is -0.549 e. The van der Waals surface area contributed by atoms with E-state index in [-0.39, 0.29) is 221 Å². The molecule has 0 aliphatic heterocycles. The molecule has 2 aromatic rings. The summed E-state index contributed by atoms with van der Waals surface area (Å²) in [6, 6.07) is 7.19. The number of hydrogen-bond donors (Lipinski definition) is 4. The molecule has 83 heavy (non-hydrogen) atoms. The average Bonchev–Trinajstić information content (AvgIpc) is 3.35. The van der Waals surface area contributed by atoms with Crippen LogP contribution in [0.15, 0.2) is 30.3 Å². The zero-order chi connectivity index (χ0) is 59.5. The number of aromatic hydroxyl groups is 2. The number of carboxylic acid groups (broad SMARTS) is 4. The van der Waals surface area contributed by atoms with E-state index in [9.17, 15) is 64.2 Å². The van der Waals surface area contributed by atoms with E-state index in [0.717, 1.165) is 9.80 Å². The molecule has 0 spiro atoms. The first kappa shape index (κ1) is 81.2. The number of rotatable bonds is 45. The van der Waals surface area contributed by atoms with Gasteiger partial charge in [-0.25, -0.2) is 0 Å². The number of nitrogens with one attached hydrogen (secondary N) is 2. The SMILES string of the molecule is CC(C)(C)OCCOCCOCCOc1cc(CNC(=O)CN(CCN(CCN(CC(=O)[O-])CC(=O)[O-])CC(=O)[O-])CC(=O)[O-])cc(OCCOCCOCCOC(C)(C)C)c1OC(=O)CCC(=O)NCCc1ccc(O)c(O)c1.[Mn+2].[Na+].[Na+]. The minimum absolute atomic E-state index is 0. The van der Waals surface area contributed by atoms with Crippen LogP contribution in [-0.4, -0.2) is 223 Å². The fraction of sp³-hybridized carbons (Fsp3) is 0.642. The molecule has 0 saturated heterocycles. The van der Waals surface area contributed by atoms with E-state index >= 15 is 0 Å². The molecule has 0 fully saturated rings. The summed E-state index contributed by atoms with van der Waals surface area (Å²) in [5.74, 6) is -9.13. The molecule has 0 aliphatic rings. The average molecular weight is 1240 g/mol. The Balaban J connectivity index is 0. The van der Waals surface area contributed by atoms with Gasteiger partial charge in [0.15, 0.2) is 23.0 Å². The van der Waals surface area contributed by atoms with Crippen molar-refractivity contribution in [2.45, 2.75) is 78.6 Å². The molecule has 30 heteroatoms. The molecule has 457 valence electrons. The van der Waals surface area contributed by atoms with Gasteiger partial charge >= 0.3 is 82.2 Å². The number of carbonyl (C=O) groups excluding carboxylic acids is 7. The van der Waals surface area contributed by atoms with E-state index in [1.54, 1.807) is 6.07 Å². The predicted octanol–water partition coefficient (Wildman–Crippen LogP) is -9.88. The summed E-state index contributed by atoms with van der Waals surface area (Å²) >= 11 is 0. The van der Waals surface area contributed by atoms with Crippen LogP contribution in [0.1, 0.15) is 65.5 Å². The number of aliphatic carboxylic acids is 4. The Morgan fingerprint density at radius 1 is 0.494 bits per heavy atom. The third kappa shape index (κ3) is 42.5. The van der Waals surface area contributed by atoms with Crippen molar-refractivity contribution in [3.63, 3.8) is 0 Å². The van der Waals surface area contributed by atoms with Crippen LogP contribution in [0.25, 0.3) is 0 Å². The Morgan fingerprint density at radius 3 is 1.34 bits per heavy atom. The van der Waals surface area contributed by atoms with Gasteiger partial charge in [-0.15, -0.1) is 0 Å². The van der Waals surface area contributed by atoms with Gasteiger partial charge in [-0.05, 0) is 83.4 Å². The van der Waals surface area contributed by atoms with Crippen LogP contribution in [0.3, 0.4) is 0 Å². The van der Waals surface area contributed by atoms with E-state index in [1.165, 1.54) is 29.2 Å². The molecule has 0 saturated carbocycles. The minimum atomic E-state index is -1.59. The molecule has 2 rings (SSSR count). The van der Waals surface area contributed by atoms with Crippen molar-refractivity contribution in [2.24, 2.45) is 0 Å². The summed E-state index contributed by atoms with van der Waals surface area (Å²) in [5.41, 5.74) is 0.346. The van der Waals surface area contributed by atoms with Crippen molar-refractivity contribution in [3.05, 3.63) is 41.5 Å². The number of hydrogen-bond acceptors (Lipinski definition) is 25. The normalized spacial score (nSPS) is 11.3. The number of phenolic OH excluding ortho intramolecular Hbond substituents is 2. The van der Waals surface area contributed by atoms with Crippen LogP contribution in [-0.2, 0) is 92.0 Å². The molecule has 27 nitrogen and oxygen atoms in total. The van der Waals surface area contributed by atoms with Crippen molar-refractivity contribution >= 4 is 41.7 Å². The standard InChI is InChI=1S/C53H83N5O22.Mn.2Na/c1-52(2,3)78-27-23-74-19-17-72-21-25-76-42-30-39(32-55-45(62)33-57(35-47(65)66)15-13-56(34-46(63)64)14-16-58(36-48(67)68)37-49(69)70)31-43(77-26-22-73-18-20-75-24-28-79-53(4,5)6)51(42)80-50(71)10-9-44(61)54-12-11-38-7-8-40(59)41(60)29-38;;;/h7-8,29-31,59-60H,9-28,32-37H2,1-6H3,(H,54,61)(H,55,62)(H,63,64)(H,65,66)(H,67,68)(H,69,70);;;/q;+2;2*+1/p-4. The van der Waals surface area contributed by atoms with Crippen LogP contribution >= 0.6 is 0 Å². The van der Waals surface area contributed by atoms with Crippen molar-refractivity contribution in [1.29, 1.82) is 0 Å². The second-order valence-electron chi connectivity index (χ2n) is 19.8. The van der Waals surface area contributed by atoms with Gasteiger partial charge < -0.3 is 103 Å². The predicted molar refractivity (Wildman–Crippen MR) is 275 cm³/mol. The Kier molecular flexibility index (Phi) is 44.4. The van der Waals surface area contributed by atoms with E-state index < -0.39 is 74.4 Å². The maximum absolute atomic E-state index is 13.5. The fourth-order valence-corrected chi connectivity index (χ4v) is 6.92. The van der Waals surface area contributed by atoms with Crippen molar-refractivity contribution in [3.8, 4) is 28.7 Å². The first-order chi connectivity index (χ1) is 37.8. The third-order valence-corrected chi connectivity index (χ3v) is 10.6. The second kappa shape index (κ2) is 45.4. The number of carboxylic acids is 4. The monoisotopic (exact) mass is 1240 g/mol. The Hall–Kier alpha value is -3.91. The quantitative estimate of drug-likeness (QED) is 0.0157. The first-order valence-electron chi connectivity index (χ1n) is 26.0.